The molecular weight excluding hydrogens is 374 g/mol. The van der Waals surface area contributed by atoms with Gasteiger partial charge in [-0.3, -0.25) is 14.4 Å². The highest BCUT2D eigenvalue weighted by Crippen LogP contribution is 2.26. The Morgan fingerprint density at radius 1 is 1.12 bits per heavy atom. The van der Waals surface area contributed by atoms with Crippen LogP contribution in [0.5, 0.6) is 0 Å². The average Bonchev–Trinajstić information content (AvgIpc) is 3.00. The van der Waals surface area contributed by atoms with Crippen molar-refractivity contribution in [3.05, 3.63) is 24.3 Å². The minimum atomic E-state index is -0.210. The number of nitrogens with zero attached hydrogens (tertiary/aromatic N) is 2. The number of anilines is 3. The number of rotatable bonds is 7. The molecule has 8 nitrogen and oxygen atoms in total. The average molecular weight is 393 g/mol. The van der Waals surface area contributed by atoms with E-state index in [4.69, 9.17) is 0 Å². The van der Waals surface area contributed by atoms with E-state index in [1.165, 1.54) is 30.0 Å². The van der Waals surface area contributed by atoms with Crippen molar-refractivity contribution in [3.63, 3.8) is 0 Å². The van der Waals surface area contributed by atoms with Crippen LogP contribution in [0.4, 0.5) is 16.5 Å². The summed E-state index contributed by atoms with van der Waals surface area (Å²) in [5, 5.41) is 16.3. The highest BCUT2D eigenvalue weighted by atomic mass is 32.2. The number of aromatic nitrogens is 2. The third kappa shape index (κ3) is 6.45. The molecule has 26 heavy (non-hydrogen) atoms. The Hall–Kier alpha value is -2.46. The molecule has 0 saturated carbocycles. The Balaban J connectivity index is 1.84. The topological polar surface area (TPSA) is 113 Å². The zero-order chi connectivity index (χ0) is 19.1. The van der Waals surface area contributed by atoms with E-state index in [-0.39, 0.29) is 29.4 Å². The summed E-state index contributed by atoms with van der Waals surface area (Å²) in [4.78, 5) is 34.7. The van der Waals surface area contributed by atoms with Crippen molar-refractivity contribution in [2.24, 2.45) is 5.92 Å². The van der Waals surface area contributed by atoms with Crippen LogP contribution < -0.4 is 16.0 Å². The predicted molar refractivity (Wildman–Crippen MR) is 103 cm³/mol. The Kier molecular flexibility index (Phi) is 7.10. The van der Waals surface area contributed by atoms with Gasteiger partial charge in [0.2, 0.25) is 22.9 Å². The molecule has 0 radical (unpaired) electrons. The van der Waals surface area contributed by atoms with Crippen molar-refractivity contribution in [1.82, 2.24) is 10.2 Å². The Labute approximate surface area is 159 Å². The highest BCUT2D eigenvalue weighted by Gasteiger charge is 2.12. The van der Waals surface area contributed by atoms with Gasteiger partial charge in [-0.1, -0.05) is 43.0 Å². The van der Waals surface area contributed by atoms with Crippen LogP contribution >= 0.6 is 23.1 Å². The number of benzene rings is 1. The highest BCUT2D eigenvalue weighted by molar-refractivity contribution is 8.01. The zero-order valence-electron chi connectivity index (χ0n) is 14.5. The monoisotopic (exact) mass is 393 g/mol. The van der Waals surface area contributed by atoms with Gasteiger partial charge < -0.3 is 16.0 Å². The second-order valence-electron chi connectivity index (χ2n) is 5.62. The fraction of sp³-hybridized carbons (Fsp3) is 0.312. The minimum absolute atomic E-state index is 0.130. The van der Waals surface area contributed by atoms with Gasteiger partial charge in [-0.05, 0) is 18.2 Å². The van der Waals surface area contributed by atoms with Crippen molar-refractivity contribution >= 4 is 57.3 Å². The van der Waals surface area contributed by atoms with E-state index in [0.29, 0.717) is 20.8 Å². The van der Waals surface area contributed by atoms with E-state index in [9.17, 15) is 14.4 Å². The van der Waals surface area contributed by atoms with Crippen molar-refractivity contribution < 1.29 is 14.4 Å². The maximum absolute atomic E-state index is 12.1. The summed E-state index contributed by atoms with van der Waals surface area (Å²) >= 11 is 2.45. The maximum Gasteiger partial charge on any atom is 0.234 e. The van der Waals surface area contributed by atoms with Crippen LogP contribution in [-0.2, 0) is 14.4 Å². The number of carbonyl (C=O) groups excluding carboxylic acids is 3. The standard InChI is InChI=1S/C16H19N5O3S2/c1-9(2)14(24)19-15-20-21-16(26-15)25-8-13(23)18-12-6-4-5-11(7-12)17-10(3)22/h4-7,9H,8H2,1-3H3,(H,17,22)(H,18,23)(H,19,20,24). The van der Waals surface area contributed by atoms with E-state index in [2.05, 4.69) is 26.1 Å². The summed E-state index contributed by atoms with van der Waals surface area (Å²) in [5.74, 6) is -0.515. The van der Waals surface area contributed by atoms with Crippen molar-refractivity contribution in [3.8, 4) is 0 Å². The Morgan fingerprint density at radius 2 is 1.81 bits per heavy atom. The molecule has 0 aliphatic carbocycles. The van der Waals surface area contributed by atoms with Crippen LogP contribution in [0.15, 0.2) is 28.6 Å². The quantitative estimate of drug-likeness (QED) is 0.492. The molecular formula is C16H19N5O3S2. The third-order valence-corrected chi connectivity index (χ3v) is 4.93. The van der Waals surface area contributed by atoms with Gasteiger partial charge in [-0.25, -0.2) is 0 Å². The number of amides is 3. The molecule has 10 heteroatoms. The number of thioether (sulfide) groups is 1. The van der Waals surface area contributed by atoms with Gasteiger partial charge in [0.05, 0.1) is 5.75 Å². The van der Waals surface area contributed by atoms with Crippen LogP contribution in [0, 0.1) is 5.92 Å². The molecule has 3 N–H and O–H groups in total. The van der Waals surface area contributed by atoms with Crippen LogP contribution in [0.1, 0.15) is 20.8 Å². The van der Waals surface area contributed by atoms with Gasteiger partial charge in [-0.15, -0.1) is 10.2 Å². The summed E-state index contributed by atoms with van der Waals surface area (Å²) in [6.45, 7) is 5.00. The lowest BCUT2D eigenvalue weighted by Gasteiger charge is -2.07. The molecule has 0 saturated heterocycles. The number of hydrogen-bond donors (Lipinski definition) is 3. The maximum atomic E-state index is 12.1. The molecule has 0 fully saturated rings. The normalized spacial score (nSPS) is 10.5. The fourth-order valence-corrected chi connectivity index (χ4v) is 3.33. The molecule has 2 aromatic rings. The van der Waals surface area contributed by atoms with E-state index >= 15 is 0 Å². The van der Waals surface area contributed by atoms with Gasteiger partial charge in [0.25, 0.3) is 0 Å². The Bertz CT molecular complexity index is 807. The first kappa shape index (κ1) is 19.9. The molecule has 1 heterocycles. The van der Waals surface area contributed by atoms with E-state index < -0.39 is 0 Å². The van der Waals surface area contributed by atoms with E-state index in [0.717, 1.165) is 0 Å². The lowest BCUT2D eigenvalue weighted by Crippen LogP contribution is -2.17. The molecule has 0 atom stereocenters. The van der Waals surface area contributed by atoms with Crippen LogP contribution in [0.2, 0.25) is 0 Å². The van der Waals surface area contributed by atoms with E-state index in [1.807, 2.05) is 0 Å². The smallest absolute Gasteiger partial charge is 0.234 e. The van der Waals surface area contributed by atoms with Crippen molar-refractivity contribution in [2.75, 3.05) is 21.7 Å². The molecule has 138 valence electrons. The summed E-state index contributed by atoms with van der Waals surface area (Å²) in [6, 6.07) is 6.88. The summed E-state index contributed by atoms with van der Waals surface area (Å²) in [6.07, 6.45) is 0. The van der Waals surface area contributed by atoms with Crippen molar-refractivity contribution in [1.29, 1.82) is 0 Å². The molecule has 2 rings (SSSR count). The lowest BCUT2D eigenvalue weighted by atomic mass is 10.2. The second kappa shape index (κ2) is 9.30. The summed E-state index contributed by atoms with van der Waals surface area (Å²) in [5.41, 5.74) is 1.20. The van der Waals surface area contributed by atoms with Gasteiger partial charge >= 0.3 is 0 Å². The first-order valence-corrected chi connectivity index (χ1v) is 9.58. The van der Waals surface area contributed by atoms with E-state index in [1.54, 1.807) is 38.1 Å². The molecule has 1 aromatic heterocycles. The molecule has 0 unspecified atom stereocenters. The summed E-state index contributed by atoms with van der Waals surface area (Å²) < 4.78 is 0.589. The lowest BCUT2D eigenvalue weighted by molar-refractivity contribution is -0.119. The van der Waals surface area contributed by atoms with Gasteiger partial charge in [0.15, 0.2) is 4.34 Å². The largest absolute Gasteiger partial charge is 0.326 e. The first-order chi connectivity index (χ1) is 12.3. The van der Waals surface area contributed by atoms with Crippen LogP contribution in [0.3, 0.4) is 0 Å². The van der Waals surface area contributed by atoms with Crippen LogP contribution in [-0.4, -0.2) is 33.7 Å². The number of nitrogens with one attached hydrogen (secondary N) is 3. The third-order valence-electron chi connectivity index (χ3n) is 2.95. The van der Waals surface area contributed by atoms with Gasteiger partial charge in [0.1, 0.15) is 0 Å². The van der Waals surface area contributed by atoms with Gasteiger partial charge in [-0.2, -0.15) is 0 Å². The molecule has 1 aromatic carbocycles. The Morgan fingerprint density at radius 3 is 2.46 bits per heavy atom. The SMILES string of the molecule is CC(=O)Nc1cccc(NC(=O)CSc2nnc(NC(=O)C(C)C)s2)c1. The first-order valence-electron chi connectivity index (χ1n) is 7.78. The van der Waals surface area contributed by atoms with Gasteiger partial charge in [0, 0.05) is 24.2 Å². The molecule has 0 aliphatic heterocycles. The molecule has 0 aliphatic rings. The second-order valence-corrected chi connectivity index (χ2v) is 7.82. The number of hydrogen-bond acceptors (Lipinski definition) is 7. The zero-order valence-corrected chi connectivity index (χ0v) is 16.2. The molecule has 0 bridgehead atoms. The van der Waals surface area contributed by atoms with Crippen molar-refractivity contribution in [2.45, 2.75) is 25.1 Å². The fourth-order valence-electron chi connectivity index (χ4n) is 1.77. The van der Waals surface area contributed by atoms with Crippen LogP contribution in [0.25, 0.3) is 0 Å². The minimum Gasteiger partial charge on any atom is -0.326 e. The summed E-state index contributed by atoms with van der Waals surface area (Å²) in [7, 11) is 0. The molecule has 0 spiro atoms. The number of carbonyl (C=O) groups is 3. The molecule has 3 amide bonds. The predicted octanol–water partition coefficient (Wildman–Crippen LogP) is 2.82.